The van der Waals surface area contributed by atoms with Gasteiger partial charge in [-0.25, -0.2) is 4.68 Å². The molecule has 126 valence electrons. The second kappa shape index (κ2) is 6.61. The van der Waals surface area contributed by atoms with Gasteiger partial charge >= 0.3 is 0 Å². The third kappa shape index (κ3) is 3.37. The molecule has 0 radical (unpaired) electrons. The first kappa shape index (κ1) is 15.7. The van der Waals surface area contributed by atoms with E-state index in [2.05, 4.69) is 10.4 Å². The summed E-state index contributed by atoms with van der Waals surface area (Å²) in [6.07, 6.45) is 3.67. The first-order valence-electron chi connectivity index (χ1n) is 8.01. The molecule has 3 aromatic rings. The lowest BCUT2D eigenvalue weighted by atomic mass is 10.1. The average molecular weight is 354 g/mol. The van der Waals surface area contributed by atoms with Gasteiger partial charge in [0.1, 0.15) is 5.75 Å². The van der Waals surface area contributed by atoms with Gasteiger partial charge in [0.05, 0.1) is 11.9 Å². The minimum absolute atomic E-state index is 0.139. The second-order valence-electron chi connectivity index (χ2n) is 5.91. The van der Waals surface area contributed by atoms with E-state index in [1.165, 1.54) is 0 Å². The molecule has 0 fully saturated rings. The number of benzene rings is 2. The van der Waals surface area contributed by atoms with Crippen molar-refractivity contribution in [2.45, 2.75) is 19.1 Å². The molecule has 0 saturated heterocycles. The van der Waals surface area contributed by atoms with Crippen LogP contribution < -0.4 is 10.1 Å². The third-order valence-corrected chi connectivity index (χ3v) is 4.35. The molecule has 1 aromatic heterocycles. The molecule has 1 aliphatic rings. The Labute approximate surface area is 150 Å². The normalized spacial score (nSPS) is 15.5. The minimum atomic E-state index is -0.516. The zero-order valence-electron chi connectivity index (χ0n) is 13.4. The lowest BCUT2D eigenvalue weighted by Crippen LogP contribution is -2.36. The van der Waals surface area contributed by atoms with Gasteiger partial charge in [-0.2, -0.15) is 5.10 Å². The first-order chi connectivity index (χ1) is 12.2. The maximum Gasteiger partial charge on any atom is 0.261 e. The van der Waals surface area contributed by atoms with Gasteiger partial charge in [-0.1, -0.05) is 29.8 Å². The molecule has 1 amide bonds. The van der Waals surface area contributed by atoms with Crippen molar-refractivity contribution in [3.8, 4) is 11.4 Å². The van der Waals surface area contributed by atoms with Crippen molar-refractivity contribution in [2.24, 2.45) is 0 Å². The van der Waals surface area contributed by atoms with E-state index in [1.54, 1.807) is 23.0 Å². The lowest BCUT2D eigenvalue weighted by molar-refractivity contribution is -0.127. The van der Waals surface area contributed by atoms with Gasteiger partial charge in [0.25, 0.3) is 5.91 Å². The Bertz CT molecular complexity index is 908. The minimum Gasteiger partial charge on any atom is -0.480 e. The van der Waals surface area contributed by atoms with Crippen LogP contribution >= 0.6 is 11.6 Å². The van der Waals surface area contributed by atoms with E-state index in [9.17, 15) is 4.79 Å². The summed E-state index contributed by atoms with van der Waals surface area (Å²) in [6.45, 7) is 0.405. The van der Waals surface area contributed by atoms with Crippen molar-refractivity contribution in [1.82, 2.24) is 15.1 Å². The third-order valence-electron chi connectivity index (χ3n) is 4.11. The Morgan fingerprint density at radius 1 is 1.28 bits per heavy atom. The molecule has 0 unspecified atom stereocenters. The van der Waals surface area contributed by atoms with Crippen molar-refractivity contribution in [1.29, 1.82) is 0 Å². The summed E-state index contributed by atoms with van der Waals surface area (Å²) < 4.78 is 7.48. The van der Waals surface area contributed by atoms with Crippen LogP contribution in [0.25, 0.3) is 5.69 Å². The molecular formula is C19H16ClN3O2. The van der Waals surface area contributed by atoms with E-state index in [0.29, 0.717) is 18.0 Å². The lowest BCUT2D eigenvalue weighted by Gasteiger charge is -2.10. The molecule has 0 bridgehead atoms. The molecule has 4 rings (SSSR count). The van der Waals surface area contributed by atoms with Crippen LogP contribution in [0.1, 0.15) is 11.1 Å². The molecule has 25 heavy (non-hydrogen) atoms. The number of fused-ring (bicyclic) bond motifs is 1. The number of carbonyl (C=O) groups excluding carboxylic acids is 1. The predicted molar refractivity (Wildman–Crippen MR) is 95.0 cm³/mol. The molecule has 0 aliphatic carbocycles. The topological polar surface area (TPSA) is 56.2 Å². The van der Waals surface area contributed by atoms with E-state index in [0.717, 1.165) is 22.6 Å². The molecule has 2 heterocycles. The van der Waals surface area contributed by atoms with Crippen LogP contribution in [0.15, 0.2) is 60.9 Å². The van der Waals surface area contributed by atoms with E-state index in [-0.39, 0.29) is 5.91 Å². The summed E-state index contributed by atoms with van der Waals surface area (Å²) in [5.74, 6) is 0.584. The van der Waals surface area contributed by atoms with Crippen LogP contribution in [-0.4, -0.2) is 21.8 Å². The molecule has 1 atom stereocenters. The number of halogens is 1. The van der Waals surface area contributed by atoms with Gasteiger partial charge in [0, 0.05) is 29.7 Å². The van der Waals surface area contributed by atoms with Crippen LogP contribution in [0.5, 0.6) is 5.75 Å². The summed E-state index contributed by atoms with van der Waals surface area (Å²) >= 11 is 5.98. The fourth-order valence-corrected chi connectivity index (χ4v) is 3.03. The highest BCUT2D eigenvalue weighted by molar-refractivity contribution is 6.30. The van der Waals surface area contributed by atoms with Crippen molar-refractivity contribution < 1.29 is 9.53 Å². The Kier molecular flexibility index (Phi) is 4.15. The molecule has 5 nitrogen and oxygen atoms in total. The summed E-state index contributed by atoms with van der Waals surface area (Å²) in [5, 5.41) is 7.88. The maximum atomic E-state index is 12.4. The number of aromatic nitrogens is 2. The van der Waals surface area contributed by atoms with Crippen molar-refractivity contribution >= 4 is 17.5 Å². The Morgan fingerprint density at radius 2 is 2.12 bits per heavy atom. The fraction of sp³-hybridized carbons (Fsp3) is 0.158. The molecule has 2 aromatic carbocycles. The monoisotopic (exact) mass is 353 g/mol. The van der Waals surface area contributed by atoms with Crippen LogP contribution in [0.3, 0.4) is 0 Å². The summed E-state index contributed by atoms with van der Waals surface area (Å²) in [5.41, 5.74) is 2.87. The molecule has 1 N–H and O–H groups in total. The van der Waals surface area contributed by atoms with Crippen molar-refractivity contribution in [2.75, 3.05) is 0 Å². The predicted octanol–water partition coefficient (Wildman–Crippen LogP) is 3.15. The summed E-state index contributed by atoms with van der Waals surface area (Å²) in [4.78, 5) is 12.4. The molecule has 6 heteroatoms. The number of nitrogens with zero attached hydrogens (tertiary/aromatic N) is 2. The standard InChI is InChI=1S/C19H16ClN3O2/c20-15-6-7-17-14(8-15)9-18(25-17)19(24)21-10-13-11-22-23(12-13)16-4-2-1-3-5-16/h1-8,11-12,18H,9-10H2,(H,21,24)/t18-/m0/s1. The fourth-order valence-electron chi connectivity index (χ4n) is 2.84. The number of hydrogen-bond acceptors (Lipinski definition) is 3. The van der Waals surface area contributed by atoms with Gasteiger partial charge < -0.3 is 10.1 Å². The van der Waals surface area contributed by atoms with Crippen LogP contribution in [-0.2, 0) is 17.8 Å². The number of carbonyl (C=O) groups is 1. The summed E-state index contributed by atoms with van der Waals surface area (Å²) in [7, 11) is 0. The molecule has 1 aliphatic heterocycles. The molecular weight excluding hydrogens is 338 g/mol. The number of rotatable bonds is 4. The number of nitrogens with one attached hydrogen (secondary N) is 1. The zero-order chi connectivity index (χ0) is 17.2. The summed E-state index contributed by atoms with van der Waals surface area (Å²) in [6, 6.07) is 15.2. The van der Waals surface area contributed by atoms with Gasteiger partial charge in [-0.05, 0) is 35.9 Å². The highest BCUT2D eigenvalue weighted by atomic mass is 35.5. The Hall–Kier alpha value is -2.79. The van der Waals surface area contributed by atoms with Crippen molar-refractivity contribution in [3.63, 3.8) is 0 Å². The zero-order valence-corrected chi connectivity index (χ0v) is 14.1. The smallest absolute Gasteiger partial charge is 0.261 e. The van der Waals surface area contributed by atoms with Gasteiger partial charge in [-0.15, -0.1) is 0 Å². The Balaban J connectivity index is 1.36. The number of ether oxygens (including phenoxy) is 1. The van der Waals surface area contributed by atoms with Crippen LogP contribution in [0, 0.1) is 0 Å². The number of para-hydroxylation sites is 1. The Morgan fingerprint density at radius 3 is 2.96 bits per heavy atom. The van der Waals surface area contributed by atoms with Gasteiger partial charge in [0.15, 0.2) is 6.10 Å². The largest absolute Gasteiger partial charge is 0.480 e. The van der Waals surface area contributed by atoms with Crippen molar-refractivity contribution in [3.05, 3.63) is 77.1 Å². The highest BCUT2D eigenvalue weighted by Crippen LogP contribution is 2.31. The quantitative estimate of drug-likeness (QED) is 0.784. The molecule has 0 spiro atoms. The van der Waals surface area contributed by atoms with E-state index in [4.69, 9.17) is 16.3 Å². The SMILES string of the molecule is O=C(NCc1cnn(-c2ccccc2)c1)[C@@H]1Cc2cc(Cl)ccc2O1. The second-order valence-corrected chi connectivity index (χ2v) is 6.35. The van der Waals surface area contributed by atoms with Crippen LogP contribution in [0.4, 0.5) is 0 Å². The molecule has 0 saturated carbocycles. The average Bonchev–Trinajstić information content (AvgIpc) is 3.27. The number of amides is 1. The van der Waals surface area contributed by atoms with E-state index in [1.807, 2.05) is 42.6 Å². The van der Waals surface area contributed by atoms with Gasteiger partial charge in [0.2, 0.25) is 0 Å². The van der Waals surface area contributed by atoms with E-state index >= 15 is 0 Å². The first-order valence-corrected chi connectivity index (χ1v) is 8.38. The number of hydrogen-bond donors (Lipinski definition) is 1. The van der Waals surface area contributed by atoms with Crippen LogP contribution in [0.2, 0.25) is 5.02 Å². The highest BCUT2D eigenvalue weighted by Gasteiger charge is 2.29. The van der Waals surface area contributed by atoms with Gasteiger partial charge in [-0.3, -0.25) is 4.79 Å². The van der Waals surface area contributed by atoms with E-state index < -0.39 is 6.10 Å². The maximum absolute atomic E-state index is 12.4.